The molecule has 0 spiro atoms. The number of aromatic nitrogens is 4. The van der Waals surface area contributed by atoms with E-state index in [0.29, 0.717) is 11.3 Å². The number of hydrogen-bond acceptors (Lipinski definition) is 6. The van der Waals surface area contributed by atoms with Gasteiger partial charge in [-0.2, -0.15) is 4.98 Å². The molecule has 0 amide bonds. The molecule has 8 nitrogen and oxygen atoms in total. The van der Waals surface area contributed by atoms with Crippen LogP contribution in [0.5, 0.6) is 0 Å². The molecule has 0 fully saturated rings. The maximum absolute atomic E-state index is 14.2. The first-order chi connectivity index (χ1) is 15.0. The quantitative estimate of drug-likeness (QED) is 0.475. The number of H-pyrrole nitrogens is 1. The molecule has 4 aromatic rings. The molecule has 0 saturated carbocycles. The zero-order chi connectivity index (χ0) is 21.5. The molecule has 1 aliphatic rings. The Morgan fingerprint density at radius 2 is 2.03 bits per heavy atom. The third-order valence-corrected chi connectivity index (χ3v) is 5.45. The first kappa shape index (κ1) is 19.1. The summed E-state index contributed by atoms with van der Waals surface area (Å²) in [4.78, 5) is 26.2. The number of benzene rings is 2. The summed E-state index contributed by atoms with van der Waals surface area (Å²) in [6, 6.07) is 12.0. The van der Waals surface area contributed by atoms with Crippen molar-refractivity contribution in [1.29, 1.82) is 5.41 Å². The molecule has 0 unspecified atom stereocenters. The molecule has 3 N–H and O–H groups in total. The second-order valence-corrected chi connectivity index (χ2v) is 7.62. The fourth-order valence-electron chi connectivity index (χ4n) is 3.86. The standard InChI is InChI=1S/C22H20FN7O/c1-29-9-8-13-6-7-15(10-14(13)12-29)26-21-25-11-16-19(24)30(22(31)28-20(16)27-21)18-5-3-2-4-17(18)23/h2-7,10-11,24H,8-9,12H2,1H3,(H2,25,26,27,28,31). The number of halogens is 1. The summed E-state index contributed by atoms with van der Waals surface area (Å²) in [7, 11) is 2.10. The maximum Gasteiger partial charge on any atom is 0.333 e. The molecule has 2 aromatic carbocycles. The Hall–Kier alpha value is -3.85. The van der Waals surface area contributed by atoms with Crippen LogP contribution in [0, 0.1) is 11.2 Å². The van der Waals surface area contributed by atoms with E-state index in [-0.39, 0.29) is 16.8 Å². The van der Waals surface area contributed by atoms with Crippen LogP contribution in [0.1, 0.15) is 11.1 Å². The van der Waals surface area contributed by atoms with Crippen LogP contribution in [0.15, 0.2) is 53.5 Å². The highest BCUT2D eigenvalue weighted by molar-refractivity contribution is 5.74. The van der Waals surface area contributed by atoms with Gasteiger partial charge < -0.3 is 10.2 Å². The fourth-order valence-corrected chi connectivity index (χ4v) is 3.86. The van der Waals surface area contributed by atoms with Crippen LogP contribution in [0.3, 0.4) is 0 Å². The summed E-state index contributed by atoms with van der Waals surface area (Å²) in [6.07, 6.45) is 2.47. The minimum absolute atomic E-state index is 0.00289. The molecule has 0 atom stereocenters. The average molecular weight is 417 g/mol. The van der Waals surface area contributed by atoms with Crippen LogP contribution in [0.4, 0.5) is 16.0 Å². The van der Waals surface area contributed by atoms with E-state index < -0.39 is 11.5 Å². The Morgan fingerprint density at radius 1 is 1.19 bits per heavy atom. The van der Waals surface area contributed by atoms with Crippen molar-refractivity contribution < 1.29 is 4.39 Å². The van der Waals surface area contributed by atoms with E-state index in [2.05, 4.69) is 44.3 Å². The smallest absolute Gasteiger partial charge is 0.324 e. The molecular formula is C22H20FN7O. The highest BCUT2D eigenvalue weighted by Gasteiger charge is 2.15. The predicted molar refractivity (Wildman–Crippen MR) is 115 cm³/mol. The van der Waals surface area contributed by atoms with Crippen LogP contribution >= 0.6 is 0 Å². The monoisotopic (exact) mass is 417 g/mol. The van der Waals surface area contributed by atoms with Crippen LogP contribution in [0.25, 0.3) is 16.7 Å². The van der Waals surface area contributed by atoms with Crippen LogP contribution < -0.4 is 16.5 Å². The molecule has 0 bridgehead atoms. The summed E-state index contributed by atoms with van der Waals surface area (Å²) >= 11 is 0. The summed E-state index contributed by atoms with van der Waals surface area (Å²) < 4.78 is 15.2. The molecule has 2 aromatic heterocycles. The lowest BCUT2D eigenvalue weighted by Gasteiger charge is -2.25. The molecule has 31 heavy (non-hydrogen) atoms. The Kier molecular flexibility index (Phi) is 4.59. The van der Waals surface area contributed by atoms with Crippen molar-refractivity contribution >= 4 is 22.7 Å². The summed E-state index contributed by atoms with van der Waals surface area (Å²) in [5.41, 5.74) is 2.81. The molecule has 0 radical (unpaired) electrons. The van der Waals surface area contributed by atoms with Gasteiger partial charge in [-0.05, 0) is 48.9 Å². The lowest BCUT2D eigenvalue weighted by molar-refractivity contribution is 0.313. The van der Waals surface area contributed by atoms with Gasteiger partial charge in [-0.3, -0.25) is 10.4 Å². The van der Waals surface area contributed by atoms with Crippen molar-refractivity contribution in [2.45, 2.75) is 13.0 Å². The van der Waals surface area contributed by atoms with E-state index in [1.54, 1.807) is 6.07 Å². The zero-order valence-electron chi connectivity index (χ0n) is 16.8. The van der Waals surface area contributed by atoms with Gasteiger partial charge in [0.15, 0.2) is 5.65 Å². The molecule has 1 aliphatic heterocycles. The molecule has 5 rings (SSSR count). The van der Waals surface area contributed by atoms with E-state index in [1.807, 2.05) is 6.07 Å². The normalized spacial score (nSPS) is 13.9. The Morgan fingerprint density at radius 3 is 2.87 bits per heavy atom. The largest absolute Gasteiger partial charge is 0.333 e. The van der Waals surface area contributed by atoms with Crippen molar-refractivity contribution in [2.24, 2.45) is 0 Å². The SMILES string of the molecule is CN1CCc2ccc(Nc3ncc4c(=N)n(-c5ccccc5F)c(=O)[nH]c4n3)cc2C1. The number of hydrogen-bond donors (Lipinski definition) is 3. The van der Waals surface area contributed by atoms with Gasteiger partial charge in [0.25, 0.3) is 0 Å². The van der Waals surface area contributed by atoms with Gasteiger partial charge in [-0.1, -0.05) is 18.2 Å². The summed E-state index contributed by atoms with van der Waals surface area (Å²) in [6.45, 7) is 1.93. The second-order valence-electron chi connectivity index (χ2n) is 7.62. The van der Waals surface area contributed by atoms with E-state index in [4.69, 9.17) is 5.41 Å². The minimum Gasteiger partial charge on any atom is -0.324 e. The molecule has 156 valence electrons. The highest BCUT2D eigenvalue weighted by Crippen LogP contribution is 2.23. The van der Waals surface area contributed by atoms with E-state index in [1.165, 1.54) is 35.5 Å². The molecule has 0 saturated heterocycles. The second kappa shape index (κ2) is 7.44. The fraction of sp³-hybridized carbons (Fsp3) is 0.182. The first-order valence-corrected chi connectivity index (χ1v) is 9.88. The lowest BCUT2D eigenvalue weighted by Crippen LogP contribution is -2.34. The van der Waals surface area contributed by atoms with Gasteiger partial charge in [0.05, 0.1) is 11.1 Å². The summed E-state index contributed by atoms with van der Waals surface area (Å²) in [5.74, 6) is -0.293. The van der Waals surface area contributed by atoms with Gasteiger partial charge in [-0.15, -0.1) is 0 Å². The summed E-state index contributed by atoms with van der Waals surface area (Å²) in [5, 5.41) is 11.9. The van der Waals surface area contributed by atoms with Crippen molar-refractivity contribution in [3.63, 3.8) is 0 Å². The van der Waals surface area contributed by atoms with Crippen molar-refractivity contribution in [2.75, 3.05) is 18.9 Å². The van der Waals surface area contributed by atoms with Crippen LogP contribution in [-0.2, 0) is 13.0 Å². The number of nitrogens with zero attached hydrogens (tertiary/aromatic N) is 4. The number of nitrogens with one attached hydrogen (secondary N) is 3. The highest BCUT2D eigenvalue weighted by atomic mass is 19.1. The van der Waals surface area contributed by atoms with E-state index in [0.717, 1.165) is 29.8 Å². The van der Waals surface area contributed by atoms with E-state index in [9.17, 15) is 9.18 Å². The zero-order valence-corrected chi connectivity index (χ0v) is 16.8. The third kappa shape index (κ3) is 3.49. The lowest BCUT2D eigenvalue weighted by atomic mass is 9.99. The van der Waals surface area contributed by atoms with Gasteiger partial charge in [-0.25, -0.2) is 18.7 Å². The van der Waals surface area contributed by atoms with Gasteiger partial charge in [0.1, 0.15) is 11.3 Å². The number of anilines is 2. The number of rotatable bonds is 3. The number of fused-ring (bicyclic) bond motifs is 2. The average Bonchev–Trinajstić information content (AvgIpc) is 2.74. The first-order valence-electron chi connectivity index (χ1n) is 9.88. The Bertz CT molecular complexity index is 1430. The van der Waals surface area contributed by atoms with Gasteiger partial charge in [0, 0.05) is 25.0 Å². The number of likely N-dealkylation sites (N-methyl/N-ethyl adjacent to an activating group) is 1. The van der Waals surface area contributed by atoms with Crippen molar-refractivity contribution in [3.05, 3.63) is 81.6 Å². The Labute approximate surface area is 176 Å². The molecule has 0 aliphatic carbocycles. The topological polar surface area (TPSA) is 103 Å². The van der Waals surface area contributed by atoms with Crippen molar-refractivity contribution in [1.82, 2.24) is 24.4 Å². The number of para-hydroxylation sites is 1. The van der Waals surface area contributed by atoms with Crippen molar-refractivity contribution in [3.8, 4) is 5.69 Å². The van der Waals surface area contributed by atoms with Crippen LogP contribution in [0.2, 0.25) is 0 Å². The Balaban J connectivity index is 1.52. The minimum atomic E-state index is -0.649. The molecular weight excluding hydrogens is 397 g/mol. The molecule has 9 heteroatoms. The van der Waals surface area contributed by atoms with Gasteiger partial charge in [0.2, 0.25) is 5.95 Å². The predicted octanol–water partition coefficient (Wildman–Crippen LogP) is 2.46. The van der Waals surface area contributed by atoms with Gasteiger partial charge >= 0.3 is 5.69 Å². The number of aromatic amines is 1. The third-order valence-electron chi connectivity index (χ3n) is 5.45. The maximum atomic E-state index is 14.2. The van der Waals surface area contributed by atoms with E-state index >= 15 is 0 Å². The molecule has 3 heterocycles. The van der Waals surface area contributed by atoms with Crippen LogP contribution in [-0.4, -0.2) is 38.0 Å².